The van der Waals surface area contributed by atoms with E-state index in [1.807, 2.05) is 6.07 Å². The van der Waals surface area contributed by atoms with Gasteiger partial charge < -0.3 is 15.7 Å². The van der Waals surface area contributed by atoms with E-state index >= 15 is 0 Å². The van der Waals surface area contributed by atoms with Crippen molar-refractivity contribution in [3.8, 4) is 0 Å². The lowest BCUT2D eigenvalue weighted by Crippen LogP contribution is -2.31. The van der Waals surface area contributed by atoms with E-state index in [0.717, 1.165) is 17.2 Å². The highest BCUT2D eigenvalue weighted by molar-refractivity contribution is 5.85. The topological polar surface area (TPSA) is 83.6 Å². The molecule has 3 N–H and O–H groups in total. The summed E-state index contributed by atoms with van der Waals surface area (Å²) in [6.45, 7) is 0.393. The van der Waals surface area contributed by atoms with E-state index in [4.69, 9.17) is 10.8 Å². The van der Waals surface area contributed by atoms with Crippen molar-refractivity contribution in [2.24, 2.45) is 5.73 Å². The zero-order chi connectivity index (χ0) is 12.8. The van der Waals surface area contributed by atoms with Crippen LogP contribution in [0.5, 0.6) is 0 Å². The number of amides is 2. The van der Waals surface area contributed by atoms with Crippen LogP contribution < -0.4 is 5.73 Å². The van der Waals surface area contributed by atoms with Crippen molar-refractivity contribution in [1.29, 1.82) is 0 Å². The highest BCUT2D eigenvalue weighted by atomic mass is 16.4. The molecule has 0 heterocycles. The summed E-state index contributed by atoms with van der Waals surface area (Å²) < 4.78 is 0. The predicted molar refractivity (Wildman–Crippen MR) is 64.2 cm³/mol. The number of nitrogens with two attached hydrogens (primary N) is 1. The molecule has 1 aromatic carbocycles. The molecule has 0 fully saturated rings. The molecule has 17 heavy (non-hydrogen) atoms. The van der Waals surface area contributed by atoms with E-state index in [-0.39, 0.29) is 0 Å². The fourth-order valence-corrected chi connectivity index (χ4v) is 1.31. The number of carbonyl (C=O) groups excluding carboxylic acids is 1. The van der Waals surface area contributed by atoms with Crippen LogP contribution in [0.1, 0.15) is 11.1 Å². The zero-order valence-corrected chi connectivity index (χ0v) is 9.46. The Morgan fingerprint density at radius 1 is 1.47 bits per heavy atom. The maximum absolute atomic E-state index is 10.9. The third-order valence-corrected chi connectivity index (χ3v) is 2.17. The van der Waals surface area contributed by atoms with Gasteiger partial charge in [-0.25, -0.2) is 9.59 Å². The lowest BCUT2D eigenvalue weighted by atomic mass is 10.1. The van der Waals surface area contributed by atoms with Gasteiger partial charge in [0.2, 0.25) is 0 Å². The molecule has 0 unspecified atom stereocenters. The molecule has 0 saturated heterocycles. The van der Waals surface area contributed by atoms with Gasteiger partial charge in [-0.2, -0.15) is 0 Å². The lowest BCUT2D eigenvalue weighted by Gasteiger charge is -2.14. The Hall–Kier alpha value is -2.30. The van der Waals surface area contributed by atoms with Crippen LogP contribution in [0.15, 0.2) is 30.3 Å². The molecule has 0 bridgehead atoms. The van der Waals surface area contributed by atoms with Crippen LogP contribution in [0, 0.1) is 0 Å². The highest BCUT2D eigenvalue weighted by Gasteiger charge is 2.03. The number of hydrogen-bond acceptors (Lipinski definition) is 2. The van der Waals surface area contributed by atoms with Crippen LogP contribution in [0.25, 0.3) is 6.08 Å². The molecule has 0 aliphatic heterocycles. The SMILES string of the molecule is CN(Cc1cccc(/C=C/C(=O)O)c1)C(N)=O. The predicted octanol–water partition coefficient (Wildman–Crippen LogP) is 1.29. The molecule has 5 heteroatoms. The van der Waals surface area contributed by atoms with Gasteiger partial charge in [-0.05, 0) is 23.3 Å². The van der Waals surface area contributed by atoms with Crippen LogP contribution >= 0.6 is 0 Å². The molecule has 0 spiro atoms. The fraction of sp³-hybridized carbons (Fsp3) is 0.167. The number of aliphatic carboxylic acids is 1. The van der Waals surface area contributed by atoms with Gasteiger partial charge in [-0.3, -0.25) is 0 Å². The fourth-order valence-electron chi connectivity index (χ4n) is 1.31. The number of carboxylic acids is 1. The van der Waals surface area contributed by atoms with Crippen molar-refractivity contribution in [3.63, 3.8) is 0 Å². The van der Waals surface area contributed by atoms with Crippen LogP contribution in [-0.2, 0) is 11.3 Å². The minimum atomic E-state index is -0.996. The minimum absolute atomic E-state index is 0.393. The van der Waals surface area contributed by atoms with E-state index in [1.165, 1.54) is 11.0 Å². The minimum Gasteiger partial charge on any atom is -0.478 e. The molecular formula is C12H14N2O3. The molecule has 0 saturated carbocycles. The number of rotatable bonds is 4. The van der Waals surface area contributed by atoms with E-state index in [1.54, 1.807) is 25.2 Å². The quantitative estimate of drug-likeness (QED) is 0.770. The van der Waals surface area contributed by atoms with Gasteiger partial charge in [-0.15, -0.1) is 0 Å². The number of nitrogens with zero attached hydrogens (tertiary/aromatic N) is 1. The standard InChI is InChI=1S/C12H14N2O3/c1-14(12(13)17)8-10-4-2-3-9(7-10)5-6-11(15)16/h2-7H,8H2,1H3,(H2,13,17)(H,15,16)/b6-5+. The van der Waals surface area contributed by atoms with Crippen LogP contribution in [0.3, 0.4) is 0 Å². The van der Waals surface area contributed by atoms with Gasteiger partial charge in [0.25, 0.3) is 0 Å². The Balaban J connectivity index is 2.79. The molecule has 1 rings (SSSR count). The average Bonchev–Trinajstić information content (AvgIpc) is 2.26. The number of urea groups is 1. The van der Waals surface area contributed by atoms with Gasteiger partial charge in [0, 0.05) is 19.7 Å². The number of carbonyl (C=O) groups is 2. The molecule has 1 aromatic rings. The van der Waals surface area contributed by atoms with Crippen LogP contribution in [0.2, 0.25) is 0 Å². The summed E-state index contributed by atoms with van der Waals surface area (Å²) in [6.07, 6.45) is 2.56. The van der Waals surface area contributed by atoms with Crippen molar-refractivity contribution in [2.45, 2.75) is 6.54 Å². The molecule has 0 atom stereocenters. The van der Waals surface area contributed by atoms with Gasteiger partial charge in [0.1, 0.15) is 0 Å². The van der Waals surface area contributed by atoms with Crippen LogP contribution in [-0.4, -0.2) is 29.1 Å². The average molecular weight is 234 g/mol. The number of hydrogen-bond donors (Lipinski definition) is 2. The summed E-state index contributed by atoms with van der Waals surface area (Å²) in [4.78, 5) is 22.6. The summed E-state index contributed by atoms with van der Waals surface area (Å²) in [5.74, 6) is -0.996. The Labute approximate surface area is 99.1 Å². The first kappa shape index (κ1) is 12.8. The maximum Gasteiger partial charge on any atom is 0.328 e. The first-order valence-corrected chi connectivity index (χ1v) is 4.99. The van der Waals surface area contributed by atoms with Crippen molar-refractivity contribution in [2.75, 3.05) is 7.05 Å². The Morgan fingerprint density at radius 3 is 2.76 bits per heavy atom. The Morgan fingerprint density at radius 2 is 2.18 bits per heavy atom. The zero-order valence-electron chi connectivity index (χ0n) is 9.46. The van der Waals surface area contributed by atoms with E-state index in [0.29, 0.717) is 6.54 Å². The molecule has 0 radical (unpaired) electrons. The van der Waals surface area contributed by atoms with Crippen LogP contribution in [0.4, 0.5) is 4.79 Å². The second kappa shape index (κ2) is 5.69. The van der Waals surface area contributed by atoms with E-state index in [2.05, 4.69) is 0 Å². The van der Waals surface area contributed by atoms with Gasteiger partial charge >= 0.3 is 12.0 Å². The summed E-state index contributed by atoms with van der Waals surface area (Å²) in [5, 5.41) is 8.51. The summed E-state index contributed by atoms with van der Waals surface area (Å²) in [7, 11) is 1.60. The summed E-state index contributed by atoms with van der Waals surface area (Å²) in [6, 6.07) is 6.73. The molecule has 90 valence electrons. The van der Waals surface area contributed by atoms with Gasteiger partial charge in [0.15, 0.2) is 0 Å². The van der Waals surface area contributed by atoms with Crippen molar-refractivity contribution in [3.05, 3.63) is 41.5 Å². The number of benzene rings is 1. The van der Waals surface area contributed by atoms with Crippen molar-refractivity contribution < 1.29 is 14.7 Å². The second-order valence-corrected chi connectivity index (χ2v) is 3.61. The van der Waals surface area contributed by atoms with Crippen molar-refractivity contribution in [1.82, 2.24) is 4.90 Å². The second-order valence-electron chi connectivity index (χ2n) is 3.61. The highest BCUT2D eigenvalue weighted by Crippen LogP contribution is 2.09. The molecular weight excluding hydrogens is 220 g/mol. The maximum atomic E-state index is 10.9. The third kappa shape index (κ3) is 4.38. The van der Waals surface area contributed by atoms with E-state index in [9.17, 15) is 9.59 Å². The first-order valence-electron chi connectivity index (χ1n) is 4.99. The summed E-state index contributed by atoms with van der Waals surface area (Å²) in [5.41, 5.74) is 6.77. The van der Waals surface area contributed by atoms with Gasteiger partial charge in [-0.1, -0.05) is 18.2 Å². The normalized spacial score (nSPS) is 10.4. The van der Waals surface area contributed by atoms with E-state index < -0.39 is 12.0 Å². The number of carboxylic acid groups (broad SMARTS) is 1. The Kier molecular flexibility index (Phi) is 4.28. The Bertz CT molecular complexity index is 455. The molecule has 0 aliphatic rings. The third-order valence-electron chi connectivity index (χ3n) is 2.17. The summed E-state index contributed by atoms with van der Waals surface area (Å²) >= 11 is 0. The first-order chi connectivity index (χ1) is 7.99. The lowest BCUT2D eigenvalue weighted by molar-refractivity contribution is -0.131. The molecule has 5 nitrogen and oxygen atoms in total. The molecule has 0 aromatic heterocycles. The monoisotopic (exact) mass is 234 g/mol. The molecule has 2 amide bonds. The number of primary amides is 1. The smallest absolute Gasteiger partial charge is 0.328 e. The van der Waals surface area contributed by atoms with Crippen molar-refractivity contribution >= 4 is 18.1 Å². The van der Waals surface area contributed by atoms with Gasteiger partial charge in [0.05, 0.1) is 0 Å². The largest absolute Gasteiger partial charge is 0.478 e. The molecule has 0 aliphatic carbocycles.